The van der Waals surface area contributed by atoms with Crippen LogP contribution in [-0.2, 0) is 0 Å². The van der Waals surface area contributed by atoms with Crippen LogP contribution in [-0.4, -0.2) is 12.5 Å². The van der Waals surface area contributed by atoms with Crippen molar-refractivity contribution in [1.82, 2.24) is 5.32 Å². The summed E-state index contributed by atoms with van der Waals surface area (Å²) in [6.07, 6.45) is 5.05. The Bertz CT molecular complexity index is 418. The molecule has 1 aliphatic rings. The van der Waals surface area contributed by atoms with E-state index in [1.165, 1.54) is 19.3 Å². The molecule has 0 unspecified atom stereocenters. The normalized spacial score (nSPS) is 14.7. The Morgan fingerprint density at radius 2 is 2.24 bits per heavy atom. The van der Waals surface area contributed by atoms with Crippen molar-refractivity contribution in [3.05, 3.63) is 33.3 Å². The van der Waals surface area contributed by atoms with Gasteiger partial charge in [-0.25, -0.2) is 0 Å². The van der Waals surface area contributed by atoms with Gasteiger partial charge in [-0.1, -0.05) is 24.4 Å². The summed E-state index contributed by atoms with van der Waals surface area (Å²) < 4.78 is 0.740. The van der Waals surface area contributed by atoms with Gasteiger partial charge < -0.3 is 5.32 Å². The highest BCUT2D eigenvalue weighted by Gasteiger charge is 2.20. The lowest BCUT2D eigenvalue weighted by atomic mass is 10.2. The van der Waals surface area contributed by atoms with Crippen molar-refractivity contribution in [2.24, 2.45) is 5.92 Å². The zero-order valence-corrected chi connectivity index (χ0v) is 11.9. The molecule has 1 fully saturated rings. The number of carbonyl (C=O) groups is 1. The molecule has 2 nitrogen and oxygen atoms in total. The summed E-state index contributed by atoms with van der Waals surface area (Å²) in [5.74, 6) is 0.888. The molecule has 1 saturated carbocycles. The third-order valence-electron chi connectivity index (χ3n) is 2.95. The van der Waals surface area contributed by atoms with E-state index in [1.807, 2.05) is 0 Å². The van der Waals surface area contributed by atoms with Crippen molar-refractivity contribution in [1.29, 1.82) is 0 Å². The Morgan fingerprint density at radius 3 is 2.88 bits per heavy atom. The number of hydrogen-bond acceptors (Lipinski definition) is 1. The van der Waals surface area contributed by atoms with Crippen LogP contribution in [0.2, 0.25) is 5.02 Å². The van der Waals surface area contributed by atoms with E-state index in [9.17, 15) is 4.79 Å². The minimum atomic E-state index is -0.0376. The van der Waals surface area contributed by atoms with Crippen molar-refractivity contribution in [2.45, 2.75) is 25.7 Å². The van der Waals surface area contributed by atoms with E-state index in [2.05, 4.69) is 21.2 Å². The summed E-state index contributed by atoms with van der Waals surface area (Å²) in [7, 11) is 0. The van der Waals surface area contributed by atoms with Gasteiger partial charge >= 0.3 is 0 Å². The summed E-state index contributed by atoms with van der Waals surface area (Å²) in [5, 5.41) is 3.56. The van der Waals surface area contributed by atoms with E-state index in [1.54, 1.807) is 18.2 Å². The smallest absolute Gasteiger partial charge is 0.252 e. The van der Waals surface area contributed by atoms with Crippen LogP contribution in [0.5, 0.6) is 0 Å². The van der Waals surface area contributed by atoms with Crippen molar-refractivity contribution < 1.29 is 4.79 Å². The molecule has 1 N–H and O–H groups in total. The summed E-state index contributed by atoms with van der Waals surface area (Å²) in [6, 6.07) is 5.20. The van der Waals surface area contributed by atoms with Crippen molar-refractivity contribution in [2.75, 3.05) is 6.54 Å². The third kappa shape index (κ3) is 4.00. The fraction of sp³-hybridized carbons (Fsp3) is 0.462. The van der Waals surface area contributed by atoms with Crippen LogP contribution >= 0.6 is 27.5 Å². The lowest BCUT2D eigenvalue weighted by Gasteiger charge is -2.06. The minimum absolute atomic E-state index is 0.0376. The SMILES string of the molecule is O=C(NCCCC1CC1)c1ccc(Cl)cc1Br. The number of carbonyl (C=O) groups excluding carboxylic acids is 1. The quantitative estimate of drug-likeness (QED) is 0.817. The van der Waals surface area contributed by atoms with Gasteiger partial charge in [-0.15, -0.1) is 0 Å². The summed E-state index contributed by atoms with van der Waals surface area (Å²) in [4.78, 5) is 11.9. The van der Waals surface area contributed by atoms with Gasteiger partial charge in [-0.2, -0.15) is 0 Å². The second kappa shape index (κ2) is 5.87. The van der Waals surface area contributed by atoms with Crippen LogP contribution in [0.25, 0.3) is 0 Å². The van der Waals surface area contributed by atoms with Gasteiger partial charge in [0.2, 0.25) is 0 Å². The van der Waals surface area contributed by atoms with Crippen LogP contribution in [0.4, 0.5) is 0 Å². The fourth-order valence-electron chi connectivity index (χ4n) is 1.77. The predicted octanol–water partition coefficient (Wildman–Crippen LogP) is 4.02. The zero-order valence-electron chi connectivity index (χ0n) is 9.51. The van der Waals surface area contributed by atoms with Gasteiger partial charge in [0, 0.05) is 16.0 Å². The molecule has 0 spiro atoms. The van der Waals surface area contributed by atoms with Crippen molar-refractivity contribution >= 4 is 33.4 Å². The largest absolute Gasteiger partial charge is 0.352 e. The molecule has 0 aliphatic heterocycles. The monoisotopic (exact) mass is 315 g/mol. The van der Waals surface area contributed by atoms with Crippen LogP contribution < -0.4 is 5.32 Å². The Hall–Kier alpha value is -0.540. The highest BCUT2D eigenvalue weighted by molar-refractivity contribution is 9.10. The third-order valence-corrected chi connectivity index (χ3v) is 3.84. The molecular formula is C13H15BrClNO. The average Bonchev–Trinajstić information content (AvgIpc) is 3.08. The number of hydrogen-bond donors (Lipinski definition) is 1. The van der Waals surface area contributed by atoms with E-state index >= 15 is 0 Å². The zero-order chi connectivity index (χ0) is 12.3. The van der Waals surface area contributed by atoms with E-state index in [-0.39, 0.29) is 5.91 Å². The molecule has 4 heteroatoms. The maximum absolute atomic E-state index is 11.9. The Balaban J connectivity index is 1.81. The van der Waals surface area contributed by atoms with Crippen molar-refractivity contribution in [3.63, 3.8) is 0 Å². The minimum Gasteiger partial charge on any atom is -0.352 e. The standard InChI is InChI=1S/C13H15BrClNO/c14-12-8-10(15)5-6-11(12)13(17)16-7-1-2-9-3-4-9/h5-6,8-9H,1-4,7H2,(H,16,17). The molecule has 1 aromatic rings. The Labute approximate surface area is 115 Å². The molecule has 0 heterocycles. The lowest BCUT2D eigenvalue weighted by Crippen LogP contribution is -2.24. The predicted molar refractivity (Wildman–Crippen MR) is 73.4 cm³/mol. The topological polar surface area (TPSA) is 29.1 Å². The summed E-state index contributed by atoms with van der Waals surface area (Å²) in [5.41, 5.74) is 0.640. The van der Waals surface area contributed by atoms with Gasteiger partial charge in [0.15, 0.2) is 0 Å². The molecule has 1 aliphatic carbocycles. The maximum atomic E-state index is 11.9. The van der Waals surface area contributed by atoms with Crippen molar-refractivity contribution in [3.8, 4) is 0 Å². The van der Waals surface area contributed by atoms with E-state index < -0.39 is 0 Å². The van der Waals surface area contributed by atoms with Crippen LogP contribution in [0.3, 0.4) is 0 Å². The van der Waals surface area contributed by atoms with Crippen LogP contribution in [0.15, 0.2) is 22.7 Å². The number of halogens is 2. The second-order valence-corrected chi connectivity index (χ2v) is 5.76. The molecule has 92 valence electrons. The maximum Gasteiger partial charge on any atom is 0.252 e. The molecule has 2 rings (SSSR count). The molecule has 17 heavy (non-hydrogen) atoms. The molecule has 1 amide bonds. The van der Waals surface area contributed by atoms with Gasteiger partial charge in [0.1, 0.15) is 0 Å². The van der Waals surface area contributed by atoms with Gasteiger partial charge in [-0.3, -0.25) is 4.79 Å². The van der Waals surface area contributed by atoms with E-state index in [0.29, 0.717) is 10.6 Å². The number of rotatable bonds is 5. The first-order valence-corrected chi connectivity index (χ1v) is 7.07. The van der Waals surface area contributed by atoms with Gasteiger partial charge in [0.25, 0.3) is 5.91 Å². The molecule has 0 radical (unpaired) electrons. The first kappa shape index (κ1) is 12.9. The van der Waals surface area contributed by atoms with E-state index in [4.69, 9.17) is 11.6 Å². The molecule has 1 aromatic carbocycles. The molecule has 0 bridgehead atoms. The first-order chi connectivity index (χ1) is 8.16. The average molecular weight is 317 g/mol. The Morgan fingerprint density at radius 1 is 1.47 bits per heavy atom. The van der Waals surface area contributed by atoms with Crippen LogP contribution in [0.1, 0.15) is 36.0 Å². The van der Waals surface area contributed by atoms with Gasteiger partial charge in [-0.05, 0) is 52.9 Å². The molecular weight excluding hydrogens is 302 g/mol. The fourth-order valence-corrected chi connectivity index (χ4v) is 2.63. The number of nitrogens with one attached hydrogen (secondary N) is 1. The van der Waals surface area contributed by atoms with E-state index in [0.717, 1.165) is 23.4 Å². The molecule has 0 atom stereocenters. The molecule has 0 aromatic heterocycles. The molecule has 0 saturated heterocycles. The number of amides is 1. The Kier molecular flexibility index (Phi) is 4.46. The summed E-state index contributed by atoms with van der Waals surface area (Å²) in [6.45, 7) is 0.754. The van der Waals surface area contributed by atoms with Crippen LogP contribution in [0, 0.1) is 5.92 Å². The van der Waals surface area contributed by atoms with Gasteiger partial charge in [0.05, 0.1) is 5.56 Å². The summed E-state index contributed by atoms with van der Waals surface area (Å²) >= 11 is 9.17. The first-order valence-electron chi connectivity index (χ1n) is 5.90. The number of benzene rings is 1. The lowest BCUT2D eigenvalue weighted by molar-refractivity contribution is 0.0952. The highest BCUT2D eigenvalue weighted by atomic mass is 79.9. The highest BCUT2D eigenvalue weighted by Crippen LogP contribution is 2.33. The second-order valence-electron chi connectivity index (χ2n) is 4.47.